The van der Waals surface area contributed by atoms with Gasteiger partial charge in [0.2, 0.25) is 0 Å². The zero-order valence-corrected chi connectivity index (χ0v) is 11.4. The smallest absolute Gasteiger partial charge is 0.0853 e. The molecule has 0 amide bonds. The third-order valence-corrected chi connectivity index (χ3v) is 3.62. The van der Waals surface area contributed by atoms with Crippen molar-refractivity contribution in [2.75, 3.05) is 20.3 Å². The molecular formula is C14H22N2O2. The number of methoxy groups -OCH3 is 1. The van der Waals surface area contributed by atoms with Gasteiger partial charge in [-0.2, -0.15) is 0 Å². The first-order chi connectivity index (χ1) is 8.56. The van der Waals surface area contributed by atoms with Crippen molar-refractivity contribution in [3.63, 3.8) is 0 Å². The summed E-state index contributed by atoms with van der Waals surface area (Å²) in [6.45, 7) is 7.06. The maximum absolute atomic E-state index is 9.10. The van der Waals surface area contributed by atoms with Crippen LogP contribution in [0.5, 0.6) is 0 Å². The van der Waals surface area contributed by atoms with Gasteiger partial charge < -0.3 is 9.84 Å². The van der Waals surface area contributed by atoms with Gasteiger partial charge in [-0.05, 0) is 25.5 Å². The van der Waals surface area contributed by atoms with Crippen molar-refractivity contribution in [1.82, 2.24) is 9.88 Å². The number of ether oxygens (including phenoxy) is 1. The molecule has 100 valence electrons. The largest absolute Gasteiger partial charge is 0.390 e. The van der Waals surface area contributed by atoms with Crippen molar-refractivity contribution in [2.45, 2.75) is 39.0 Å². The van der Waals surface area contributed by atoms with Gasteiger partial charge in [0, 0.05) is 37.9 Å². The molecule has 0 unspecified atom stereocenters. The Bertz CT molecular complexity index is 418. The topological polar surface area (TPSA) is 45.6 Å². The van der Waals surface area contributed by atoms with E-state index in [-0.39, 0.29) is 12.1 Å². The molecule has 0 atom stereocenters. The summed E-state index contributed by atoms with van der Waals surface area (Å²) in [6, 6.07) is 3.99. The predicted molar refractivity (Wildman–Crippen MR) is 70.2 cm³/mol. The minimum Gasteiger partial charge on any atom is -0.390 e. The molecule has 18 heavy (non-hydrogen) atoms. The summed E-state index contributed by atoms with van der Waals surface area (Å²) in [7, 11) is 1.74. The maximum Gasteiger partial charge on any atom is 0.0853 e. The summed E-state index contributed by atoms with van der Waals surface area (Å²) >= 11 is 0. The highest BCUT2D eigenvalue weighted by Gasteiger charge is 2.30. The molecule has 0 aliphatic carbocycles. The minimum atomic E-state index is 0.0200. The molecule has 2 rings (SSSR count). The van der Waals surface area contributed by atoms with E-state index < -0.39 is 0 Å². The van der Waals surface area contributed by atoms with Gasteiger partial charge in [-0.15, -0.1) is 0 Å². The zero-order valence-electron chi connectivity index (χ0n) is 11.4. The number of aromatic nitrogens is 1. The fourth-order valence-electron chi connectivity index (χ4n) is 2.51. The van der Waals surface area contributed by atoms with E-state index in [1.165, 1.54) is 5.56 Å². The van der Waals surface area contributed by atoms with Crippen LogP contribution in [0.25, 0.3) is 0 Å². The van der Waals surface area contributed by atoms with Crippen LogP contribution >= 0.6 is 0 Å². The SMILES string of the molecule is COCC(C)(C)N1CCc2nc(CO)ccc2C1. The Labute approximate surface area is 109 Å². The van der Waals surface area contributed by atoms with Gasteiger partial charge in [0.1, 0.15) is 0 Å². The van der Waals surface area contributed by atoms with Gasteiger partial charge in [-0.3, -0.25) is 9.88 Å². The van der Waals surface area contributed by atoms with Crippen LogP contribution in [0.4, 0.5) is 0 Å². The van der Waals surface area contributed by atoms with Gasteiger partial charge in [0.25, 0.3) is 0 Å². The molecule has 1 aliphatic rings. The van der Waals surface area contributed by atoms with Crippen LogP contribution in [0, 0.1) is 0 Å². The monoisotopic (exact) mass is 250 g/mol. The van der Waals surface area contributed by atoms with Gasteiger partial charge in [0.05, 0.1) is 18.9 Å². The lowest BCUT2D eigenvalue weighted by Crippen LogP contribution is -2.49. The lowest BCUT2D eigenvalue weighted by atomic mass is 9.97. The van der Waals surface area contributed by atoms with Crippen molar-refractivity contribution >= 4 is 0 Å². The molecule has 4 nitrogen and oxygen atoms in total. The number of fused-ring (bicyclic) bond motifs is 1. The van der Waals surface area contributed by atoms with E-state index in [9.17, 15) is 0 Å². The number of rotatable bonds is 4. The van der Waals surface area contributed by atoms with Gasteiger partial charge in [-0.25, -0.2) is 0 Å². The lowest BCUT2D eigenvalue weighted by molar-refractivity contribution is 0.0244. The summed E-state index contributed by atoms with van der Waals surface area (Å²) in [5.41, 5.74) is 3.20. The van der Waals surface area contributed by atoms with Gasteiger partial charge in [-0.1, -0.05) is 6.07 Å². The van der Waals surface area contributed by atoms with E-state index in [0.29, 0.717) is 0 Å². The predicted octanol–water partition coefficient (Wildman–Crippen LogP) is 1.36. The Morgan fingerprint density at radius 1 is 1.44 bits per heavy atom. The Hall–Kier alpha value is -0.970. The second-order valence-electron chi connectivity index (χ2n) is 5.48. The second kappa shape index (κ2) is 5.34. The summed E-state index contributed by atoms with van der Waals surface area (Å²) < 4.78 is 5.29. The first-order valence-electron chi connectivity index (χ1n) is 6.39. The lowest BCUT2D eigenvalue weighted by Gasteiger charge is -2.40. The van der Waals surface area contributed by atoms with Gasteiger partial charge in [0.15, 0.2) is 0 Å². The van der Waals surface area contributed by atoms with Crippen molar-refractivity contribution in [2.24, 2.45) is 0 Å². The van der Waals surface area contributed by atoms with Crippen LogP contribution in [-0.2, 0) is 24.3 Å². The molecule has 0 bridgehead atoms. The molecule has 1 aromatic heterocycles. The number of hydrogen-bond donors (Lipinski definition) is 1. The first kappa shape index (κ1) is 13.5. The highest BCUT2D eigenvalue weighted by atomic mass is 16.5. The van der Waals surface area contributed by atoms with Crippen molar-refractivity contribution in [3.05, 3.63) is 29.1 Å². The van der Waals surface area contributed by atoms with E-state index >= 15 is 0 Å². The van der Waals surface area contributed by atoms with Crippen molar-refractivity contribution in [3.8, 4) is 0 Å². The summed E-state index contributed by atoms with van der Waals surface area (Å²) in [6.07, 6.45) is 0.941. The number of nitrogens with zero attached hydrogens (tertiary/aromatic N) is 2. The highest BCUT2D eigenvalue weighted by Crippen LogP contribution is 2.24. The Balaban J connectivity index is 2.15. The molecule has 0 fully saturated rings. The molecule has 0 saturated heterocycles. The average molecular weight is 250 g/mol. The normalized spacial score (nSPS) is 16.7. The molecule has 4 heteroatoms. The van der Waals surface area contributed by atoms with E-state index in [0.717, 1.165) is 37.5 Å². The third-order valence-electron chi connectivity index (χ3n) is 3.62. The van der Waals surface area contributed by atoms with Crippen molar-refractivity contribution < 1.29 is 9.84 Å². The Morgan fingerprint density at radius 3 is 2.89 bits per heavy atom. The zero-order chi connectivity index (χ0) is 13.2. The van der Waals surface area contributed by atoms with Crippen LogP contribution in [-0.4, -0.2) is 40.8 Å². The molecule has 0 saturated carbocycles. The Kier molecular flexibility index (Phi) is 4.00. The minimum absolute atomic E-state index is 0.0200. The van der Waals surface area contributed by atoms with Gasteiger partial charge >= 0.3 is 0 Å². The highest BCUT2D eigenvalue weighted by molar-refractivity contribution is 5.25. The molecule has 0 radical (unpaired) electrons. The molecular weight excluding hydrogens is 228 g/mol. The van der Waals surface area contributed by atoms with Crippen molar-refractivity contribution in [1.29, 1.82) is 0 Å². The average Bonchev–Trinajstić information content (AvgIpc) is 2.37. The Morgan fingerprint density at radius 2 is 2.22 bits per heavy atom. The quantitative estimate of drug-likeness (QED) is 0.876. The van der Waals surface area contributed by atoms with Crippen LogP contribution in [0.15, 0.2) is 12.1 Å². The first-order valence-corrected chi connectivity index (χ1v) is 6.39. The molecule has 1 N–H and O–H groups in total. The fourth-order valence-corrected chi connectivity index (χ4v) is 2.51. The third kappa shape index (κ3) is 2.71. The van der Waals surface area contributed by atoms with E-state index in [1.54, 1.807) is 7.11 Å². The summed E-state index contributed by atoms with van der Waals surface area (Å²) in [5, 5.41) is 9.10. The number of aliphatic hydroxyl groups excluding tert-OH is 1. The van der Waals surface area contributed by atoms with E-state index in [2.05, 4.69) is 29.8 Å². The molecule has 0 aromatic carbocycles. The second-order valence-corrected chi connectivity index (χ2v) is 5.48. The van der Waals surface area contributed by atoms with E-state index in [4.69, 9.17) is 9.84 Å². The molecule has 2 heterocycles. The number of hydrogen-bond acceptors (Lipinski definition) is 4. The molecule has 1 aliphatic heterocycles. The van der Waals surface area contributed by atoms with Crippen LogP contribution in [0.3, 0.4) is 0 Å². The maximum atomic E-state index is 9.10. The standard InChI is InChI=1S/C14H22N2O2/c1-14(2,10-18-3)16-7-6-13-11(8-16)4-5-12(9-17)15-13/h4-5,17H,6-10H2,1-3H3. The summed E-state index contributed by atoms with van der Waals surface area (Å²) in [4.78, 5) is 6.92. The number of pyridine rings is 1. The fraction of sp³-hybridized carbons (Fsp3) is 0.643. The molecule has 1 aromatic rings. The number of aliphatic hydroxyl groups is 1. The molecule has 0 spiro atoms. The van der Waals surface area contributed by atoms with Crippen LogP contribution in [0.2, 0.25) is 0 Å². The van der Waals surface area contributed by atoms with E-state index in [1.807, 2.05) is 6.07 Å². The van der Waals surface area contributed by atoms with Crippen LogP contribution in [0.1, 0.15) is 30.8 Å². The van der Waals surface area contributed by atoms with Crippen LogP contribution < -0.4 is 0 Å². The summed E-state index contributed by atoms with van der Waals surface area (Å²) in [5.74, 6) is 0.